The topological polar surface area (TPSA) is 92.2 Å². The van der Waals surface area contributed by atoms with Crippen molar-refractivity contribution in [1.29, 1.82) is 0 Å². The fourth-order valence-corrected chi connectivity index (χ4v) is 3.96. The van der Waals surface area contributed by atoms with Gasteiger partial charge in [-0.25, -0.2) is 0 Å². The number of hydrogen-bond donors (Lipinski definition) is 0. The molecule has 2 aromatic rings. The number of anilines is 2. The summed E-state index contributed by atoms with van der Waals surface area (Å²) < 4.78 is 0. The van der Waals surface area contributed by atoms with E-state index >= 15 is 0 Å². The average molecular weight is 411 g/mol. The minimum absolute atomic E-state index is 0.0679. The molecule has 0 atom stereocenters. The van der Waals surface area contributed by atoms with Gasteiger partial charge in [-0.3, -0.25) is 19.4 Å². The molecule has 0 aromatic carbocycles. The third-order valence-electron chi connectivity index (χ3n) is 5.71. The van der Waals surface area contributed by atoms with E-state index in [1.165, 1.54) is 0 Å². The van der Waals surface area contributed by atoms with Gasteiger partial charge in [-0.1, -0.05) is 0 Å². The summed E-state index contributed by atoms with van der Waals surface area (Å²) in [6, 6.07) is 7.39. The fraction of sp³-hybridized carbons (Fsp3) is 0.545. The zero-order valence-electron chi connectivity index (χ0n) is 18.2. The third kappa shape index (κ3) is 4.80. The van der Waals surface area contributed by atoms with Crippen molar-refractivity contribution in [2.75, 3.05) is 22.9 Å². The van der Waals surface area contributed by atoms with Crippen LogP contribution < -0.4 is 9.80 Å². The van der Waals surface area contributed by atoms with Gasteiger partial charge in [0.2, 0.25) is 11.8 Å². The molecular formula is C22H30N6O2. The zero-order chi connectivity index (χ0) is 21.7. The third-order valence-corrected chi connectivity index (χ3v) is 5.71. The number of carbonyl (C=O) groups is 2. The molecule has 0 spiro atoms. The molecule has 2 amide bonds. The van der Waals surface area contributed by atoms with E-state index < -0.39 is 0 Å². The van der Waals surface area contributed by atoms with Crippen molar-refractivity contribution in [3.8, 4) is 0 Å². The molecule has 2 heterocycles. The monoisotopic (exact) mass is 410 g/mol. The number of nitrogens with zero attached hydrogens (tertiary/aromatic N) is 6. The molecule has 1 saturated carbocycles. The Kier molecular flexibility index (Phi) is 7.07. The molecular weight excluding hydrogens is 380 g/mol. The van der Waals surface area contributed by atoms with Crippen LogP contribution in [0, 0.1) is 25.7 Å². The number of hydrogen-bond acceptors (Lipinski definition) is 6. The van der Waals surface area contributed by atoms with Gasteiger partial charge in [0.15, 0.2) is 11.6 Å². The van der Waals surface area contributed by atoms with Crippen LogP contribution in [0.25, 0.3) is 0 Å². The summed E-state index contributed by atoms with van der Waals surface area (Å²) in [5.74, 6) is 1.12. The Morgan fingerprint density at radius 1 is 0.733 bits per heavy atom. The summed E-state index contributed by atoms with van der Waals surface area (Å²) in [5.41, 5.74) is 1.64. The van der Waals surface area contributed by atoms with Gasteiger partial charge in [-0.15, -0.1) is 10.2 Å². The maximum Gasteiger partial charge on any atom is 0.231 e. The van der Waals surface area contributed by atoms with Crippen molar-refractivity contribution in [2.45, 2.75) is 53.4 Å². The van der Waals surface area contributed by atoms with E-state index in [2.05, 4.69) is 20.4 Å². The van der Waals surface area contributed by atoms with E-state index in [9.17, 15) is 9.59 Å². The molecule has 0 N–H and O–H groups in total. The average Bonchev–Trinajstić information content (AvgIpc) is 2.77. The molecule has 0 radical (unpaired) electrons. The molecule has 8 heteroatoms. The van der Waals surface area contributed by atoms with Crippen molar-refractivity contribution < 1.29 is 9.59 Å². The van der Waals surface area contributed by atoms with Crippen LogP contribution in [0.15, 0.2) is 24.3 Å². The Morgan fingerprint density at radius 3 is 1.37 bits per heavy atom. The number of carbonyl (C=O) groups excluding carboxylic acids is 2. The lowest BCUT2D eigenvalue weighted by molar-refractivity contribution is -0.127. The standard InChI is InChI=1S/C22H30N6O2/c1-5-27(19-13-7-15(3)23-25-19)21(29)17-9-11-18(12-10-17)22(30)28(6-2)20-14-8-16(4)24-26-20/h7-8,13-14,17-18H,5-6,9-12H2,1-4H3. The Hall–Kier alpha value is -2.90. The van der Waals surface area contributed by atoms with Gasteiger partial charge in [0.05, 0.1) is 11.4 Å². The highest BCUT2D eigenvalue weighted by molar-refractivity contribution is 5.96. The first-order valence-corrected chi connectivity index (χ1v) is 10.7. The van der Waals surface area contributed by atoms with E-state index in [1.54, 1.807) is 9.80 Å². The van der Waals surface area contributed by atoms with Crippen LogP contribution in [-0.4, -0.2) is 45.3 Å². The maximum absolute atomic E-state index is 13.1. The van der Waals surface area contributed by atoms with E-state index in [-0.39, 0.29) is 23.7 Å². The molecule has 1 fully saturated rings. The van der Waals surface area contributed by atoms with Crippen LogP contribution >= 0.6 is 0 Å². The van der Waals surface area contributed by atoms with E-state index in [1.807, 2.05) is 52.0 Å². The van der Waals surface area contributed by atoms with Crippen LogP contribution in [-0.2, 0) is 9.59 Å². The van der Waals surface area contributed by atoms with Gasteiger partial charge in [-0.05, 0) is 77.6 Å². The first-order chi connectivity index (χ1) is 14.4. The summed E-state index contributed by atoms with van der Waals surface area (Å²) in [4.78, 5) is 29.5. The fourth-order valence-electron chi connectivity index (χ4n) is 3.96. The van der Waals surface area contributed by atoms with E-state index in [4.69, 9.17) is 0 Å². The Balaban J connectivity index is 1.62. The quantitative estimate of drug-likeness (QED) is 0.727. The first-order valence-electron chi connectivity index (χ1n) is 10.7. The largest absolute Gasteiger partial charge is 0.295 e. The molecule has 1 aliphatic carbocycles. The van der Waals surface area contributed by atoms with Crippen molar-refractivity contribution in [1.82, 2.24) is 20.4 Å². The van der Waals surface area contributed by atoms with Crippen LogP contribution in [0.4, 0.5) is 11.6 Å². The molecule has 0 aliphatic heterocycles. The van der Waals surface area contributed by atoms with Gasteiger partial charge in [0.1, 0.15) is 0 Å². The second kappa shape index (κ2) is 9.73. The lowest BCUT2D eigenvalue weighted by Crippen LogP contribution is -2.42. The lowest BCUT2D eigenvalue weighted by atomic mass is 9.80. The zero-order valence-corrected chi connectivity index (χ0v) is 18.2. The van der Waals surface area contributed by atoms with Gasteiger partial charge < -0.3 is 0 Å². The normalized spacial score (nSPS) is 18.7. The predicted octanol–water partition coefficient (Wildman–Crippen LogP) is 3.10. The van der Waals surface area contributed by atoms with Crippen LogP contribution in [0.3, 0.4) is 0 Å². The molecule has 2 aromatic heterocycles. The number of amides is 2. The second-order valence-corrected chi connectivity index (χ2v) is 7.78. The Morgan fingerprint density at radius 2 is 1.10 bits per heavy atom. The van der Waals surface area contributed by atoms with Gasteiger partial charge in [0, 0.05) is 24.9 Å². The Bertz CT molecular complexity index is 787. The van der Waals surface area contributed by atoms with Gasteiger partial charge in [-0.2, -0.15) is 10.2 Å². The number of rotatable bonds is 6. The summed E-state index contributed by atoms with van der Waals surface area (Å²) in [6.07, 6.45) is 2.79. The molecule has 0 saturated heterocycles. The van der Waals surface area contributed by atoms with Crippen LogP contribution in [0.5, 0.6) is 0 Å². The van der Waals surface area contributed by atoms with Crippen molar-refractivity contribution in [2.24, 2.45) is 11.8 Å². The minimum atomic E-state index is -0.0913. The second-order valence-electron chi connectivity index (χ2n) is 7.78. The SMILES string of the molecule is CCN(C(=O)C1CCC(C(=O)N(CC)c2ccc(C)nn2)CC1)c1ccc(C)nn1. The molecule has 0 bridgehead atoms. The van der Waals surface area contributed by atoms with Crippen molar-refractivity contribution >= 4 is 23.5 Å². The summed E-state index contributed by atoms with van der Waals surface area (Å²) in [5, 5.41) is 16.5. The minimum Gasteiger partial charge on any atom is -0.295 e. The van der Waals surface area contributed by atoms with Crippen molar-refractivity contribution in [3.63, 3.8) is 0 Å². The van der Waals surface area contributed by atoms with Crippen molar-refractivity contribution in [3.05, 3.63) is 35.7 Å². The highest BCUT2D eigenvalue weighted by Gasteiger charge is 2.34. The van der Waals surface area contributed by atoms with Crippen LogP contribution in [0.2, 0.25) is 0 Å². The summed E-state index contributed by atoms with van der Waals surface area (Å²) in [7, 11) is 0. The number of aryl methyl sites for hydroxylation is 2. The van der Waals surface area contributed by atoms with Gasteiger partial charge in [0.25, 0.3) is 0 Å². The summed E-state index contributed by atoms with van der Waals surface area (Å²) >= 11 is 0. The molecule has 1 aliphatic rings. The first kappa shape index (κ1) is 21.8. The lowest BCUT2D eigenvalue weighted by Gasteiger charge is -2.32. The summed E-state index contributed by atoms with van der Waals surface area (Å²) in [6.45, 7) is 8.72. The highest BCUT2D eigenvalue weighted by atomic mass is 16.2. The smallest absolute Gasteiger partial charge is 0.231 e. The molecule has 0 unspecified atom stereocenters. The molecule has 3 rings (SSSR count). The molecule has 160 valence electrons. The predicted molar refractivity (Wildman–Crippen MR) is 115 cm³/mol. The van der Waals surface area contributed by atoms with Crippen LogP contribution in [0.1, 0.15) is 50.9 Å². The molecule has 8 nitrogen and oxygen atoms in total. The maximum atomic E-state index is 13.1. The highest BCUT2D eigenvalue weighted by Crippen LogP contribution is 2.32. The van der Waals surface area contributed by atoms with E-state index in [0.717, 1.165) is 11.4 Å². The molecule has 30 heavy (non-hydrogen) atoms. The van der Waals surface area contributed by atoms with E-state index in [0.29, 0.717) is 50.4 Å². The Labute approximate surface area is 177 Å². The number of aromatic nitrogens is 4. The van der Waals surface area contributed by atoms with Gasteiger partial charge >= 0.3 is 0 Å².